The molecule has 2 nitrogen and oxygen atoms in total. The molecule has 5 heteroatoms. The Hall–Kier alpha value is 1.07. The maximum atomic E-state index is 11.2. The third-order valence-corrected chi connectivity index (χ3v) is 3.87. The molecule has 0 aliphatic carbocycles. The Morgan fingerprint density at radius 1 is 1.50 bits per heavy atom. The molecule has 2 unspecified atom stereocenters. The molecule has 0 bridgehead atoms. The van der Waals surface area contributed by atoms with Crippen molar-refractivity contribution in [1.82, 2.24) is 0 Å². The van der Waals surface area contributed by atoms with Crippen LogP contribution in [0, 0.1) is 12.3 Å². The van der Waals surface area contributed by atoms with Crippen molar-refractivity contribution in [2.75, 3.05) is 12.8 Å². The van der Waals surface area contributed by atoms with Crippen LogP contribution in [-0.2, 0) is 69.7 Å². The summed E-state index contributed by atoms with van der Waals surface area (Å²) in [7, 11) is -1.45. The average molecular weight is 509 g/mol. The van der Waals surface area contributed by atoms with E-state index < -0.39 is 7.80 Å². The monoisotopic (exact) mass is 509 g/mol. The Balaban J connectivity index is 0.00000144. The van der Waals surface area contributed by atoms with E-state index in [1.54, 1.807) is 6.66 Å². The van der Waals surface area contributed by atoms with Crippen molar-refractivity contribution in [1.29, 1.82) is 0 Å². The summed E-state index contributed by atoms with van der Waals surface area (Å²) in [5.74, 6) is 1.17. The molecule has 2 atom stereocenters. The van der Waals surface area contributed by atoms with E-state index >= 15 is 0 Å². The summed E-state index contributed by atoms with van der Waals surface area (Å²) in [5, 5.41) is 0. The first-order valence-electron chi connectivity index (χ1n) is 5.53. The molecule has 0 fully saturated rings. The van der Waals surface area contributed by atoms with E-state index in [0.29, 0.717) is 12.8 Å². The van der Waals surface area contributed by atoms with Crippen LogP contribution in [0.2, 0.25) is 0 Å². The molecular weight excluding hydrogens is 492 g/mol. The molecule has 2 rings (SSSR count). The molecule has 1 aromatic carbocycles. The van der Waals surface area contributed by atoms with Crippen molar-refractivity contribution in [3.63, 3.8) is 0 Å². The third-order valence-electron chi connectivity index (χ3n) is 2.82. The third kappa shape index (κ3) is 5.22. The fourth-order valence-electron chi connectivity index (χ4n) is 2.00. The van der Waals surface area contributed by atoms with Gasteiger partial charge >= 0.3 is 0 Å². The summed E-state index contributed by atoms with van der Waals surface area (Å²) in [4.78, 5) is 0. The van der Waals surface area contributed by atoms with Crippen LogP contribution < -0.4 is 0 Å². The molecule has 1 aromatic rings. The molecular formula is C13H17O2PWY-2. The predicted molar refractivity (Wildman–Crippen MR) is 67.1 cm³/mol. The maximum Gasteiger partial charge on any atom is 0.0455 e. The van der Waals surface area contributed by atoms with E-state index in [0.717, 1.165) is 0 Å². The molecule has 0 amide bonds. The summed E-state index contributed by atoms with van der Waals surface area (Å²) in [5.41, 5.74) is 2.48. The maximum absolute atomic E-state index is 11.2. The van der Waals surface area contributed by atoms with Gasteiger partial charge in [-0.2, -0.15) is 25.0 Å². The molecule has 18 heavy (non-hydrogen) atoms. The van der Waals surface area contributed by atoms with Gasteiger partial charge in [-0.1, -0.05) is 12.2 Å². The van der Waals surface area contributed by atoms with Crippen molar-refractivity contribution in [3.05, 3.63) is 47.7 Å². The zero-order valence-corrected chi connectivity index (χ0v) is 17.5. The van der Waals surface area contributed by atoms with Crippen LogP contribution in [0.5, 0.6) is 0 Å². The van der Waals surface area contributed by atoms with Crippen molar-refractivity contribution in [2.45, 2.75) is 19.6 Å². The van der Waals surface area contributed by atoms with Gasteiger partial charge in [0.1, 0.15) is 0 Å². The van der Waals surface area contributed by atoms with Gasteiger partial charge in [-0.05, 0) is 6.66 Å². The van der Waals surface area contributed by atoms with Gasteiger partial charge in [0.25, 0.3) is 0 Å². The zero-order chi connectivity index (χ0) is 11.5. The van der Waals surface area contributed by atoms with Crippen LogP contribution in [0.4, 0.5) is 0 Å². The topological polar surface area (TPSA) is 26.3 Å². The fourth-order valence-corrected chi connectivity index (χ4v) is 2.98. The van der Waals surface area contributed by atoms with Gasteiger partial charge in [0.2, 0.25) is 0 Å². The Morgan fingerprint density at radius 2 is 2.17 bits per heavy atom. The molecule has 1 aliphatic heterocycles. The molecule has 97 valence electrons. The van der Waals surface area contributed by atoms with Gasteiger partial charge in [0.15, 0.2) is 0 Å². The average Bonchev–Trinajstić information content (AvgIpc) is 2.27. The van der Waals surface area contributed by atoms with E-state index in [4.69, 9.17) is 4.74 Å². The molecule has 0 aromatic heterocycles. The van der Waals surface area contributed by atoms with Gasteiger partial charge in [0.05, 0.1) is 0 Å². The Morgan fingerprint density at radius 3 is 2.83 bits per heavy atom. The first-order chi connectivity index (χ1) is 7.66. The summed E-state index contributed by atoms with van der Waals surface area (Å²) < 4.78 is 17.0. The largest absolute Gasteiger partial charge is 0.425 e. The molecule has 1 radical (unpaired) electrons. The smallest absolute Gasteiger partial charge is 0.0455 e. The second-order valence-electron chi connectivity index (χ2n) is 4.32. The second-order valence-corrected chi connectivity index (χ2v) is 6.08. The van der Waals surface area contributed by atoms with Crippen LogP contribution in [0.15, 0.2) is 24.3 Å². The Kier molecular flexibility index (Phi) is 9.63. The van der Waals surface area contributed by atoms with Gasteiger partial charge in [-0.15, -0.1) is 23.9 Å². The van der Waals surface area contributed by atoms with Crippen LogP contribution in [0.3, 0.4) is 0 Å². The Bertz CT molecular complexity index is 400. The van der Waals surface area contributed by atoms with Gasteiger partial charge in [-0.25, -0.2) is 0 Å². The molecule has 1 heterocycles. The molecule has 0 N–H and O–H groups in total. The van der Waals surface area contributed by atoms with Crippen molar-refractivity contribution in [2.24, 2.45) is 0 Å². The van der Waals surface area contributed by atoms with Crippen LogP contribution in [0.1, 0.15) is 18.1 Å². The van der Waals surface area contributed by atoms with Crippen molar-refractivity contribution < 1.29 is 63.1 Å². The quantitative estimate of drug-likeness (QED) is 0.463. The first kappa shape index (κ1) is 19.1. The zero-order valence-electron chi connectivity index (χ0n) is 10.7. The number of rotatable bonds is 3. The minimum Gasteiger partial charge on any atom is -0.425 e. The Labute approximate surface area is 150 Å². The molecule has 1 aliphatic rings. The minimum absolute atomic E-state index is 0. The van der Waals surface area contributed by atoms with E-state index in [1.165, 1.54) is 17.0 Å². The SMILES string of the molecule is C[C-](C[PH](C)=O)C1[CH-]c2ccccc2CO1.[W].[Y]. The molecule has 0 spiro atoms. The van der Waals surface area contributed by atoms with Gasteiger partial charge < -0.3 is 9.30 Å². The van der Waals surface area contributed by atoms with Crippen LogP contribution >= 0.6 is 7.80 Å². The van der Waals surface area contributed by atoms with Gasteiger partial charge in [0, 0.05) is 68.2 Å². The van der Waals surface area contributed by atoms with E-state index in [-0.39, 0.29) is 59.9 Å². The summed E-state index contributed by atoms with van der Waals surface area (Å²) in [6.07, 6.45) is 2.84. The van der Waals surface area contributed by atoms with Crippen molar-refractivity contribution in [3.8, 4) is 0 Å². The predicted octanol–water partition coefficient (Wildman–Crippen LogP) is 2.92. The van der Waals surface area contributed by atoms with Crippen molar-refractivity contribution >= 4 is 7.80 Å². The first-order valence-corrected chi connectivity index (χ1v) is 7.64. The van der Waals surface area contributed by atoms with Crippen LogP contribution in [-0.4, -0.2) is 18.9 Å². The number of benzene rings is 1. The van der Waals surface area contributed by atoms with E-state index in [1.807, 2.05) is 19.1 Å². The number of ether oxygens (including phenoxy) is 1. The van der Waals surface area contributed by atoms with Crippen LogP contribution in [0.25, 0.3) is 0 Å². The van der Waals surface area contributed by atoms with Gasteiger partial charge in [-0.3, -0.25) is 5.92 Å². The molecule has 0 saturated heterocycles. The minimum atomic E-state index is -1.45. The molecule has 0 saturated carbocycles. The summed E-state index contributed by atoms with van der Waals surface area (Å²) in [6.45, 7) is 4.48. The fraction of sp³-hybridized carbons (Fsp3) is 0.385. The second kappa shape index (κ2) is 9.09. The normalized spacial score (nSPS) is 18.9. The number of fused-ring (bicyclic) bond motifs is 1. The van der Waals surface area contributed by atoms with E-state index in [9.17, 15) is 4.57 Å². The standard InChI is InChI=1S/C13H17O2P.W.Y/c1-10(9-16(2)14)13-7-11-5-3-4-6-12(11)8-15-13;;/h3-7,13,16H,8-9H2,1-2H3;;/q-2;;. The number of hydrogen-bond donors (Lipinski definition) is 0. The van der Waals surface area contributed by atoms with E-state index in [2.05, 4.69) is 18.6 Å². The number of hydrogen-bond acceptors (Lipinski definition) is 2. The summed E-state index contributed by atoms with van der Waals surface area (Å²) in [6, 6.07) is 8.25. The summed E-state index contributed by atoms with van der Waals surface area (Å²) >= 11 is 0.